The average molecular weight is 447 g/mol. The third-order valence-electron chi connectivity index (χ3n) is 7.95. The first kappa shape index (κ1) is 17.8. The summed E-state index contributed by atoms with van der Waals surface area (Å²) in [5.41, 5.74) is 16.2. The minimum atomic E-state index is 0.894. The van der Waals surface area contributed by atoms with Crippen LogP contribution in [0.25, 0.3) is 60.7 Å². The number of rotatable bonds is 0. The van der Waals surface area contributed by atoms with Crippen LogP contribution in [-0.4, -0.2) is 19.4 Å². The maximum Gasteiger partial charge on any atom is 0.165 e. The Kier molecular flexibility index (Phi) is 3.11. The Morgan fingerprint density at radius 2 is 1.66 bits per heavy atom. The van der Waals surface area contributed by atoms with Gasteiger partial charge in [0.1, 0.15) is 5.52 Å². The van der Waals surface area contributed by atoms with Gasteiger partial charge >= 0.3 is 0 Å². The van der Waals surface area contributed by atoms with Crippen LogP contribution in [0.5, 0.6) is 0 Å². The van der Waals surface area contributed by atoms with E-state index < -0.39 is 0 Å². The summed E-state index contributed by atoms with van der Waals surface area (Å²) in [4.78, 5) is 14.3. The molecule has 0 saturated heterocycles. The van der Waals surface area contributed by atoms with Crippen LogP contribution in [0, 0.1) is 0 Å². The maximum atomic E-state index is 5.15. The lowest BCUT2D eigenvalue weighted by Crippen LogP contribution is -1.94. The smallest absolute Gasteiger partial charge is 0.165 e. The van der Waals surface area contributed by atoms with Gasteiger partial charge in [-0.15, -0.1) is 0 Å². The minimum Gasteiger partial charge on any atom is -0.289 e. The summed E-state index contributed by atoms with van der Waals surface area (Å²) in [7, 11) is 0. The minimum absolute atomic E-state index is 0.894. The average Bonchev–Trinajstić information content (AvgIpc) is 3.58. The van der Waals surface area contributed by atoms with E-state index in [1.54, 1.807) is 0 Å². The molecule has 0 unspecified atom stereocenters. The van der Waals surface area contributed by atoms with E-state index in [9.17, 15) is 0 Å². The number of fused-ring (bicyclic) bond motifs is 15. The molecule has 0 saturated carbocycles. The number of imidazole rings is 1. The molecule has 162 valence electrons. The molecule has 9 rings (SSSR count). The third kappa shape index (κ3) is 2.15. The zero-order chi connectivity index (χ0) is 22.7. The number of hydrogen-bond acceptors (Lipinski definition) is 3. The quantitative estimate of drug-likeness (QED) is 0.243. The van der Waals surface area contributed by atoms with Crippen molar-refractivity contribution in [2.75, 3.05) is 0 Å². The number of hydrogen-bond donors (Lipinski definition) is 0. The number of benzene rings is 3. The van der Waals surface area contributed by atoms with Gasteiger partial charge in [0.25, 0.3) is 0 Å². The lowest BCUT2D eigenvalue weighted by Gasteiger charge is -2.09. The molecule has 0 N–H and O–H groups in total. The van der Waals surface area contributed by atoms with Gasteiger partial charge in [-0.05, 0) is 81.6 Å². The highest BCUT2D eigenvalue weighted by Crippen LogP contribution is 2.48. The first-order chi connectivity index (χ1) is 17.3. The van der Waals surface area contributed by atoms with Gasteiger partial charge in [-0.2, -0.15) is 0 Å². The topological polar surface area (TPSA) is 43.1 Å². The monoisotopic (exact) mass is 446 g/mol. The Labute approximate surface area is 200 Å². The Hall–Kier alpha value is -4.57. The maximum absolute atomic E-state index is 5.15. The highest BCUT2D eigenvalue weighted by Gasteiger charge is 2.29. The van der Waals surface area contributed by atoms with Crippen LogP contribution in [-0.2, 0) is 12.8 Å². The van der Waals surface area contributed by atoms with Crippen LogP contribution in [0.15, 0.2) is 85.3 Å². The first-order valence-electron chi connectivity index (χ1n) is 12.0. The van der Waals surface area contributed by atoms with Crippen molar-refractivity contribution in [2.45, 2.75) is 12.8 Å². The van der Waals surface area contributed by atoms with Crippen LogP contribution < -0.4 is 0 Å². The van der Waals surface area contributed by atoms with E-state index in [4.69, 9.17) is 9.97 Å². The van der Waals surface area contributed by atoms with E-state index >= 15 is 0 Å². The zero-order valence-corrected chi connectivity index (χ0v) is 18.8. The van der Waals surface area contributed by atoms with Crippen molar-refractivity contribution in [2.24, 2.45) is 0 Å². The lowest BCUT2D eigenvalue weighted by molar-refractivity contribution is 1.23. The van der Waals surface area contributed by atoms with Crippen LogP contribution >= 0.6 is 0 Å². The number of nitrogens with zero attached hydrogens (tertiary/aromatic N) is 4. The molecule has 7 aromatic rings. The van der Waals surface area contributed by atoms with Gasteiger partial charge in [0, 0.05) is 23.2 Å². The molecular formula is C31H18N4. The zero-order valence-electron chi connectivity index (χ0n) is 18.8. The molecule has 3 aromatic carbocycles. The molecule has 0 radical (unpaired) electrons. The fourth-order valence-corrected chi connectivity index (χ4v) is 6.49. The molecule has 0 fully saturated rings. The molecule has 2 aliphatic rings. The molecule has 0 amide bonds. The Balaban J connectivity index is 1.38. The van der Waals surface area contributed by atoms with Crippen molar-refractivity contribution in [3.8, 4) is 22.3 Å². The Morgan fingerprint density at radius 1 is 0.686 bits per heavy atom. The molecule has 35 heavy (non-hydrogen) atoms. The van der Waals surface area contributed by atoms with E-state index in [0.717, 1.165) is 51.3 Å². The largest absolute Gasteiger partial charge is 0.289 e. The van der Waals surface area contributed by atoms with Crippen molar-refractivity contribution < 1.29 is 0 Å². The van der Waals surface area contributed by atoms with Gasteiger partial charge in [-0.3, -0.25) is 14.4 Å². The van der Waals surface area contributed by atoms with Crippen LogP contribution in [0.1, 0.15) is 22.3 Å². The molecule has 4 heterocycles. The summed E-state index contributed by atoms with van der Waals surface area (Å²) in [6.45, 7) is 0. The van der Waals surface area contributed by atoms with E-state index in [-0.39, 0.29) is 0 Å². The van der Waals surface area contributed by atoms with Crippen molar-refractivity contribution >= 4 is 38.5 Å². The molecule has 2 aliphatic carbocycles. The molecule has 4 nitrogen and oxygen atoms in total. The van der Waals surface area contributed by atoms with Gasteiger partial charge in [-0.25, -0.2) is 4.98 Å². The SMILES string of the molecule is c1ccc2c(c1)Cc1c-2ccc2c1-c1cc3nc4c5ncccc5c5ccncc5n4c3cc1C2. The molecule has 0 spiro atoms. The van der Waals surface area contributed by atoms with Crippen molar-refractivity contribution in [3.05, 3.63) is 108 Å². The lowest BCUT2D eigenvalue weighted by atomic mass is 9.95. The summed E-state index contributed by atoms with van der Waals surface area (Å²) < 4.78 is 2.25. The van der Waals surface area contributed by atoms with E-state index in [0.29, 0.717) is 0 Å². The van der Waals surface area contributed by atoms with Gasteiger partial charge in [0.2, 0.25) is 0 Å². The van der Waals surface area contributed by atoms with Crippen LogP contribution in [0.4, 0.5) is 0 Å². The molecular weight excluding hydrogens is 428 g/mol. The fraction of sp³-hybridized carbons (Fsp3) is 0.0645. The Morgan fingerprint density at radius 3 is 2.66 bits per heavy atom. The summed E-state index contributed by atoms with van der Waals surface area (Å²) in [6, 6.07) is 24.3. The Bertz CT molecular complexity index is 2070. The number of aromatic nitrogens is 4. The highest BCUT2D eigenvalue weighted by molar-refractivity contribution is 6.12. The van der Waals surface area contributed by atoms with E-state index in [1.807, 2.05) is 24.7 Å². The summed E-state index contributed by atoms with van der Waals surface area (Å²) in [5.74, 6) is 0. The molecule has 0 atom stereocenters. The molecule has 0 bridgehead atoms. The molecule has 4 aromatic heterocycles. The van der Waals surface area contributed by atoms with Crippen LogP contribution in [0.3, 0.4) is 0 Å². The van der Waals surface area contributed by atoms with Crippen molar-refractivity contribution in [1.82, 2.24) is 19.4 Å². The molecule has 4 heteroatoms. The summed E-state index contributed by atoms with van der Waals surface area (Å²) in [5, 5.41) is 2.26. The predicted octanol–water partition coefficient (Wildman–Crippen LogP) is 6.73. The van der Waals surface area contributed by atoms with Gasteiger partial charge in [0.05, 0.1) is 22.7 Å². The normalized spacial score (nSPS) is 13.5. The van der Waals surface area contributed by atoms with Crippen LogP contribution in [0.2, 0.25) is 0 Å². The second-order valence-corrected chi connectivity index (χ2v) is 9.70. The number of pyridine rings is 3. The molecule has 0 aliphatic heterocycles. The summed E-state index contributed by atoms with van der Waals surface area (Å²) in [6.07, 6.45) is 7.61. The third-order valence-corrected chi connectivity index (χ3v) is 7.95. The van der Waals surface area contributed by atoms with Crippen molar-refractivity contribution in [1.29, 1.82) is 0 Å². The van der Waals surface area contributed by atoms with E-state index in [1.165, 1.54) is 44.5 Å². The standard InChI is InChI=1S/C31H18N4/c1-2-5-20-17(4-1)13-25-21(20)8-7-18-12-19-14-27-26(15-24(19)29(18)25)34-31-30-23(6-3-10-33-30)22-9-11-32-16-28(22)35(27)31/h1-11,14-16H,12-13H2. The van der Waals surface area contributed by atoms with Crippen molar-refractivity contribution in [3.63, 3.8) is 0 Å². The fourth-order valence-electron chi connectivity index (χ4n) is 6.49. The first-order valence-corrected chi connectivity index (χ1v) is 12.0. The second-order valence-electron chi connectivity index (χ2n) is 9.70. The predicted molar refractivity (Wildman–Crippen MR) is 140 cm³/mol. The van der Waals surface area contributed by atoms with Gasteiger partial charge < -0.3 is 0 Å². The van der Waals surface area contributed by atoms with E-state index in [2.05, 4.69) is 70.0 Å². The second kappa shape index (κ2) is 6.10. The van der Waals surface area contributed by atoms with Gasteiger partial charge in [0.15, 0.2) is 5.65 Å². The van der Waals surface area contributed by atoms with Gasteiger partial charge in [-0.1, -0.05) is 42.5 Å². The summed E-state index contributed by atoms with van der Waals surface area (Å²) >= 11 is 0. The highest BCUT2D eigenvalue weighted by atomic mass is 15.0.